The van der Waals surface area contributed by atoms with Crippen molar-refractivity contribution in [1.82, 2.24) is 5.32 Å². The van der Waals surface area contributed by atoms with Crippen molar-refractivity contribution in [3.05, 3.63) is 12.7 Å². The van der Waals surface area contributed by atoms with E-state index < -0.39 is 11.7 Å². The van der Waals surface area contributed by atoms with E-state index in [1.54, 1.807) is 6.08 Å². The van der Waals surface area contributed by atoms with Gasteiger partial charge in [-0.1, -0.05) is 6.58 Å². The van der Waals surface area contributed by atoms with E-state index in [1.807, 2.05) is 20.8 Å². The molecule has 0 aromatic heterocycles. The molecule has 1 rings (SSSR count). The quantitative estimate of drug-likeness (QED) is 0.728. The maximum absolute atomic E-state index is 11.4. The predicted molar refractivity (Wildman–Crippen MR) is 59.0 cm³/mol. The predicted octanol–water partition coefficient (Wildman–Crippen LogP) is 1.44. The lowest BCUT2D eigenvalue weighted by molar-refractivity contribution is -0.161. The van der Waals surface area contributed by atoms with Gasteiger partial charge in [0.1, 0.15) is 5.60 Å². The Morgan fingerprint density at radius 1 is 1.44 bits per heavy atom. The van der Waals surface area contributed by atoms with E-state index in [4.69, 9.17) is 14.2 Å². The fourth-order valence-corrected chi connectivity index (χ4v) is 1.21. The monoisotopic (exact) mass is 229 g/mol. The third-order valence-corrected chi connectivity index (χ3v) is 1.84. The first-order valence-electron chi connectivity index (χ1n) is 5.26. The number of carbonyl (C=O) groups excluding carboxylic acids is 1. The van der Waals surface area contributed by atoms with Crippen LogP contribution < -0.4 is 5.32 Å². The Hall–Kier alpha value is -1.07. The number of nitrogens with one attached hydrogen (secondary N) is 1. The Kier molecular flexibility index (Phi) is 4.32. The minimum absolute atomic E-state index is 0.175. The summed E-state index contributed by atoms with van der Waals surface area (Å²) in [5.74, 6) is 0. The van der Waals surface area contributed by atoms with E-state index in [2.05, 4.69) is 11.9 Å². The van der Waals surface area contributed by atoms with Gasteiger partial charge in [0, 0.05) is 0 Å². The number of ether oxygens (including phenoxy) is 3. The molecule has 1 aliphatic rings. The standard InChI is InChI=1S/C11H19NO4/c1-5-9-14-6-8(7-15-9)12-10(13)16-11(2,3)4/h5,8-9H,1,6-7H2,2-4H3,(H,12,13). The minimum atomic E-state index is -0.496. The molecule has 0 aromatic carbocycles. The van der Waals surface area contributed by atoms with Gasteiger partial charge < -0.3 is 19.5 Å². The molecule has 0 aromatic rings. The van der Waals surface area contributed by atoms with E-state index in [-0.39, 0.29) is 12.3 Å². The highest BCUT2D eigenvalue weighted by Gasteiger charge is 2.24. The van der Waals surface area contributed by atoms with Crippen LogP contribution in [0.3, 0.4) is 0 Å². The van der Waals surface area contributed by atoms with Crippen LogP contribution in [-0.2, 0) is 14.2 Å². The molecular weight excluding hydrogens is 210 g/mol. The van der Waals surface area contributed by atoms with Gasteiger partial charge in [-0.25, -0.2) is 4.79 Å². The number of rotatable bonds is 2. The second-order valence-corrected chi connectivity index (χ2v) is 4.61. The molecule has 1 N–H and O–H groups in total. The first kappa shape index (κ1) is 13.0. The van der Waals surface area contributed by atoms with Crippen LogP contribution in [0, 0.1) is 0 Å². The molecule has 1 fully saturated rings. The van der Waals surface area contributed by atoms with Crippen LogP contribution in [0.1, 0.15) is 20.8 Å². The number of alkyl carbamates (subject to hydrolysis) is 1. The fourth-order valence-electron chi connectivity index (χ4n) is 1.21. The van der Waals surface area contributed by atoms with E-state index in [9.17, 15) is 4.79 Å². The SMILES string of the molecule is C=CC1OCC(NC(=O)OC(C)(C)C)CO1. The van der Waals surface area contributed by atoms with Crippen molar-refractivity contribution in [2.45, 2.75) is 38.7 Å². The smallest absolute Gasteiger partial charge is 0.408 e. The van der Waals surface area contributed by atoms with Crippen molar-refractivity contribution >= 4 is 6.09 Å². The maximum Gasteiger partial charge on any atom is 0.408 e. The zero-order valence-electron chi connectivity index (χ0n) is 9.99. The van der Waals surface area contributed by atoms with Crippen LogP contribution >= 0.6 is 0 Å². The largest absolute Gasteiger partial charge is 0.444 e. The molecular formula is C11H19NO4. The lowest BCUT2D eigenvalue weighted by Crippen LogP contribution is -2.48. The van der Waals surface area contributed by atoms with Gasteiger partial charge in [0.15, 0.2) is 6.29 Å². The average Bonchev–Trinajstić information content (AvgIpc) is 2.16. The molecule has 0 saturated carbocycles. The van der Waals surface area contributed by atoms with Gasteiger partial charge in [-0.05, 0) is 26.8 Å². The third-order valence-electron chi connectivity index (χ3n) is 1.84. The van der Waals surface area contributed by atoms with Crippen molar-refractivity contribution < 1.29 is 19.0 Å². The molecule has 92 valence electrons. The summed E-state index contributed by atoms with van der Waals surface area (Å²) in [6.07, 6.45) is 0.738. The molecule has 1 heterocycles. The van der Waals surface area contributed by atoms with Crippen LogP contribution in [0.2, 0.25) is 0 Å². The topological polar surface area (TPSA) is 56.8 Å². The molecule has 1 aliphatic heterocycles. The minimum Gasteiger partial charge on any atom is -0.444 e. The Labute approximate surface area is 95.7 Å². The maximum atomic E-state index is 11.4. The van der Waals surface area contributed by atoms with Gasteiger partial charge in [0.05, 0.1) is 19.3 Å². The first-order chi connectivity index (χ1) is 7.40. The summed E-state index contributed by atoms with van der Waals surface area (Å²) in [6, 6.07) is -0.175. The summed E-state index contributed by atoms with van der Waals surface area (Å²) in [6.45, 7) is 9.80. The van der Waals surface area contributed by atoms with Crippen LogP contribution in [0.4, 0.5) is 4.79 Å². The molecule has 1 amide bonds. The number of carbonyl (C=O) groups is 1. The van der Waals surface area contributed by atoms with Crippen molar-refractivity contribution in [1.29, 1.82) is 0 Å². The fraction of sp³-hybridized carbons (Fsp3) is 0.727. The number of amides is 1. The molecule has 0 spiro atoms. The van der Waals surface area contributed by atoms with Gasteiger partial charge in [0.25, 0.3) is 0 Å². The van der Waals surface area contributed by atoms with Crippen LogP contribution in [0.25, 0.3) is 0 Å². The summed E-state index contributed by atoms with van der Waals surface area (Å²) in [7, 11) is 0. The Morgan fingerprint density at radius 3 is 2.44 bits per heavy atom. The first-order valence-corrected chi connectivity index (χ1v) is 5.26. The summed E-state index contributed by atoms with van der Waals surface area (Å²) in [4.78, 5) is 11.4. The van der Waals surface area contributed by atoms with Gasteiger partial charge >= 0.3 is 6.09 Å². The molecule has 0 aliphatic carbocycles. The zero-order valence-corrected chi connectivity index (χ0v) is 9.99. The Balaban J connectivity index is 2.28. The number of hydrogen-bond donors (Lipinski definition) is 1. The van der Waals surface area contributed by atoms with Crippen molar-refractivity contribution in [2.75, 3.05) is 13.2 Å². The van der Waals surface area contributed by atoms with Gasteiger partial charge in [-0.2, -0.15) is 0 Å². The van der Waals surface area contributed by atoms with E-state index in [0.717, 1.165) is 0 Å². The molecule has 5 nitrogen and oxygen atoms in total. The lowest BCUT2D eigenvalue weighted by Gasteiger charge is -2.29. The van der Waals surface area contributed by atoms with Crippen LogP contribution in [0.5, 0.6) is 0 Å². The molecule has 5 heteroatoms. The van der Waals surface area contributed by atoms with Crippen molar-refractivity contribution in [2.24, 2.45) is 0 Å². The highest BCUT2D eigenvalue weighted by atomic mass is 16.7. The van der Waals surface area contributed by atoms with Gasteiger partial charge in [-0.3, -0.25) is 0 Å². The van der Waals surface area contributed by atoms with Crippen LogP contribution in [-0.4, -0.2) is 37.2 Å². The number of hydrogen-bond acceptors (Lipinski definition) is 4. The highest BCUT2D eigenvalue weighted by molar-refractivity contribution is 5.68. The molecule has 1 saturated heterocycles. The van der Waals surface area contributed by atoms with E-state index in [0.29, 0.717) is 13.2 Å². The van der Waals surface area contributed by atoms with Crippen molar-refractivity contribution in [3.8, 4) is 0 Å². The summed E-state index contributed by atoms with van der Waals surface area (Å²) in [5, 5.41) is 2.67. The normalized spacial score (nSPS) is 25.9. The van der Waals surface area contributed by atoms with Crippen molar-refractivity contribution in [3.63, 3.8) is 0 Å². The average molecular weight is 229 g/mol. The highest BCUT2D eigenvalue weighted by Crippen LogP contribution is 2.09. The lowest BCUT2D eigenvalue weighted by atomic mass is 10.2. The van der Waals surface area contributed by atoms with E-state index in [1.165, 1.54) is 0 Å². The molecule has 0 radical (unpaired) electrons. The van der Waals surface area contributed by atoms with Gasteiger partial charge in [-0.15, -0.1) is 0 Å². The third kappa shape index (κ3) is 4.63. The zero-order chi connectivity index (χ0) is 12.2. The Morgan fingerprint density at radius 2 is 2.00 bits per heavy atom. The van der Waals surface area contributed by atoms with Gasteiger partial charge in [0.2, 0.25) is 0 Å². The van der Waals surface area contributed by atoms with Crippen LogP contribution in [0.15, 0.2) is 12.7 Å². The second kappa shape index (κ2) is 5.32. The second-order valence-electron chi connectivity index (χ2n) is 4.61. The molecule has 16 heavy (non-hydrogen) atoms. The summed E-state index contributed by atoms with van der Waals surface area (Å²) in [5.41, 5.74) is -0.496. The molecule has 0 unspecified atom stereocenters. The van der Waals surface area contributed by atoms with E-state index >= 15 is 0 Å². The summed E-state index contributed by atoms with van der Waals surface area (Å²) >= 11 is 0. The molecule has 0 bridgehead atoms. The molecule has 0 atom stereocenters. The summed E-state index contributed by atoms with van der Waals surface area (Å²) < 4.78 is 15.6. The Bertz CT molecular complexity index is 251.